The van der Waals surface area contributed by atoms with Gasteiger partial charge < -0.3 is 20.1 Å². The molecule has 2 atom stereocenters. The summed E-state index contributed by atoms with van der Waals surface area (Å²) in [7, 11) is 0. The maximum absolute atomic E-state index is 12.2. The number of anilines is 2. The first-order valence-electron chi connectivity index (χ1n) is 11.7. The number of thiocarbonyl (C=S) groups is 1. The van der Waals surface area contributed by atoms with Crippen molar-refractivity contribution >= 4 is 34.6 Å². The molecule has 0 bridgehead atoms. The van der Waals surface area contributed by atoms with E-state index in [4.69, 9.17) is 12.2 Å². The molecule has 1 aliphatic rings. The summed E-state index contributed by atoms with van der Waals surface area (Å²) in [5, 5.41) is 7.18. The molecule has 6 nitrogen and oxygen atoms in total. The molecule has 1 saturated heterocycles. The van der Waals surface area contributed by atoms with Gasteiger partial charge in [0.15, 0.2) is 5.11 Å². The predicted molar refractivity (Wildman–Crippen MR) is 142 cm³/mol. The Morgan fingerprint density at radius 1 is 1.18 bits per heavy atom. The van der Waals surface area contributed by atoms with Gasteiger partial charge in [0.25, 0.3) is 0 Å². The van der Waals surface area contributed by atoms with Crippen molar-refractivity contribution in [3.8, 4) is 0 Å². The number of hydrogen-bond acceptors (Lipinski definition) is 3. The highest BCUT2D eigenvalue weighted by atomic mass is 32.1. The van der Waals surface area contributed by atoms with Crippen molar-refractivity contribution in [2.24, 2.45) is 5.92 Å². The first-order chi connectivity index (χ1) is 16.1. The molecule has 1 aromatic carbocycles. The molecule has 0 spiro atoms. The minimum Gasteiger partial charge on any atom is -0.351 e. The van der Waals surface area contributed by atoms with Gasteiger partial charge in [-0.1, -0.05) is 19.9 Å². The number of benzene rings is 1. The SMILES string of the molecule is Cc1cc(N2C(=S)NC(c3ccccn3)C2c2ccn(C(C)(C)C)c2)ccc1NC(=O)C(C)C. The molecule has 7 heteroatoms. The fourth-order valence-corrected chi connectivity index (χ4v) is 4.54. The van der Waals surface area contributed by atoms with Gasteiger partial charge in [-0.25, -0.2) is 0 Å². The monoisotopic (exact) mass is 475 g/mol. The number of carbonyl (C=O) groups is 1. The quantitative estimate of drug-likeness (QED) is 0.462. The Kier molecular flexibility index (Phi) is 6.49. The maximum atomic E-state index is 12.2. The van der Waals surface area contributed by atoms with Crippen LogP contribution in [0.25, 0.3) is 0 Å². The predicted octanol–water partition coefficient (Wildman–Crippen LogP) is 5.72. The van der Waals surface area contributed by atoms with Gasteiger partial charge in [0.1, 0.15) is 0 Å². The molecule has 2 unspecified atom stereocenters. The Labute approximate surface area is 207 Å². The van der Waals surface area contributed by atoms with Gasteiger partial charge in [0.05, 0.1) is 17.8 Å². The van der Waals surface area contributed by atoms with Crippen molar-refractivity contribution in [3.05, 3.63) is 77.9 Å². The summed E-state index contributed by atoms with van der Waals surface area (Å²) in [6.45, 7) is 12.4. The molecule has 2 aromatic heterocycles. The molecule has 34 heavy (non-hydrogen) atoms. The zero-order valence-electron chi connectivity index (χ0n) is 20.7. The molecule has 0 aliphatic carbocycles. The highest BCUT2D eigenvalue weighted by molar-refractivity contribution is 7.80. The van der Waals surface area contributed by atoms with E-state index in [1.54, 1.807) is 0 Å². The van der Waals surface area contributed by atoms with E-state index in [9.17, 15) is 4.79 Å². The van der Waals surface area contributed by atoms with Crippen LogP contribution in [0.4, 0.5) is 11.4 Å². The van der Waals surface area contributed by atoms with E-state index in [1.807, 2.05) is 57.3 Å². The molecule has 0 radical (unpaired) electrons. The molecule has 178 valence electrons. The summed E-state index contributed by atoms with van der Waals surface area (Å²) in [5.41, 5.74) is 4.86. The first kappa shape index (κ1) is 24.0. The van der Waals surface area contributed by atoms with E-state index in [0.717, 1.165) is 28.2 Å². The number of nitrogens with one attached hydrogen (secondary N) is 2. The lowest BCUT2D eigenvalue weighted by atomic mass is 9.98. The summed E-state index contributed by atoms with van der Waals surface area (Å²) in [6, 6.07) is 14.0. The molecule has 1 fully saturated rings. The lowest BCUT2D eigenvalue weighted by molar-refractivity contribution is -0.118. The zero-order valence-corrected chi connectivity index (χ0v) is 21.5. The number of carbonyl (C=O) groups excluding carboxylic acids is 1. The summed E-state index contributed by atoms with van der Waals surface area (Å²) in [5.74, 6) is -0.0735. The number of pyridine rings is 1. The number of hydrogen-bond donors (Lipinski definition) is 2. The van der Waals surface area contributed by atoms with Crippen molar-refractivity contribution in [1.29, 1.82) is 0 Å². The van der Waals surface area contributed by atoms with Crippen molar-refractivity contribution in [3.63, 3.8) is 0 Å². The average molecular weight is 476 g/mol. The van der Waals surface area contributed by atoms with Crippen LogP contribution in [-0.4, -0.2) is 20.6 Å². The van der Waals surface area contributed by atoms with Crippen LogP contribution in [0.5, 0.6) is 0 Å². The third kappa shape index (κ3) is 4.71. The Hall–Kier alpha value is -3.19. The van der Waals surface area contributed by atoms with Crippen LogP contribution in [0.15, 0.2) is 61.1 Å². The molecule has 1 aliphatic heterocycles. The third-order valence-electron chi connectivity index (χ3n) is 6.20. The molecular formula is C27H33N5OS. The second-order valence-electron chi connectivity index (χ2n) is 10.2. The van der Waals surface area contributed by atoms with Gasteiger partial charge in [-0.15, -0.1) is 0 Å². The number of nitrogens with zero attached hydrogens (tertiary/aromatic N) is 3. The fraction of sp³-hybridized carbons (Fsp3) is 0.370. The van der Waals surface area contributed by atoms with Crippen LogP contribution < -0.4 is 15.5 Å². The van der Waals surface area contributed by atoms with Gasteiger partial charge in [-0.2, -0.15) is 0 Å². The topological polar surface area (TPSA) is 62.2 Å². The van der Waals surface area contributed by atoms with Gasteiger partial charge in [-0.05, 0) is 87.4 Å². The Morgan fingerprint density at radius 3 is 2.53 bits per heavy atom. The highest BCUT2D eigenvalue weighted by Gasteiger charge is 2.41. The van der Waals surface area contributed by atoms with Crippen molar-refractivity contribution in [1.82, 2.24) is 14.9 Å². The van der Waals surface area contributed by atoms with E-state index >= 15 is 0 Å². The average Bonchev–Trinajstić information content (AvgIpc) is 3.40. The number of aryl methyl sites for hydroxylation is 1. The van der Waals surface area contributed by atoms with Crippen LogP contribution in [0.1, 0.15) is 63.5 Å². The molecule has 1 amide bonds. The Balaban J connectivity index is 1.75. The summed E-state index contributed by atoms with van der Waals surface area (Å²) < 4.78 is 2.23. The summed E-state index contributed by atoms with van der Waals surface area (Å²) in [6.07, 6.45) is 6.14. The van der Waals surface area contributed by atoms with Crippen molar-refractivity contribution < 1.29 is 4.79 Å². The largest absolute Gasteiger partial charge is 0.351 e. The molecule has 4 rings (SSSR count). The van der Waals surface area contributed by atoms with Crippen LogP contribution in [-0.2, 0) is 10.3 Å². The van der Waals surface area contributed by atoms with Gasteiger partial charge in [0.2, 0.25) is 5.91 Å². The van der Waals surface area contributed by atoms with E-state index in [2.05, 4.69) is 70.4 Å². The number of amides is 1. The second-order valence-corrected chi connectivity index (χ2v) is 10.5. The zero-order chi connectivity index (χ0) is 24.6. The van der Waals surface area contributed by atoms with Gasteiger partial charge in [-0.3, -0.25) is 9.78 Å². The van der Waals surface area contributed by atoms with Gasteiger partial charge >= 0.3 is 0 Å². The molecular weight excluding hydrogens is 442 g/mol. The highest BCUT2D eigenvalue weighted by Crippen LogP contribution is 2.42. The van der Waals surface area contributed by atoms with Crippen LogP contribution in [0.2, 0.25) is 0 Å². The summed E-state index contributed by atoms with van der Waals surface area (Å²) >= 11 is 5.85. The number of aromatic nitrogens is 2. The standard InChI is InChI=1S/C27H33N5OS/c1-17(2)25(33)29-21-11-10-20(15-18(21)3)32-24(19-12-14-31(16-19)27(4,5)6)23(30-26(32)34)22-9-7-8-13-28-22/h7-17,23-24H,1-6H3,(H,29,33)(H,30,34). The number of rotatable bonds is 5. The fourth-order valence-electron chi connectivity index (χ4n) is 4.19. The second kappa shape index (κ2) is 9.22. The molecule has 2 N–H and O–H groups in total. The van der Waals surface area contributed by atoms with Crippen LogP contribution in [0.3, 0.4) is 0 Å². The van der Waals surface area contributed by atoms with E-state index < -0.39 is 0 Å². The minimum atomic E-state index is -0.0925. The van der Waals surface area contributed by atoms with Crippen LogP contribution in [0, 0.1) is 12.8 Å². The van der Waals surface area contributed by atoms with Crippen LogP contribution >= 0.6 is 12.2 Å². The lowest BCUT2D eigenvalue weighted by Gasteiger charge is -2.28. The smallest absolute Gasteiger partial charge is 0.226 e. The normalized spacial score (nSPS) is 18.3. The third-order valence-corrected chi connectivity index (χ3v) is 6.51. The van der Waals surface area contributed by atoms with E-state index in [0.29, 0.717) is 5.11 Å². The minimum absolute atomic E-state index is 0.00539. The molecule has 0 saturated carbocycles. The molecule has 3 aromatic rings. The van der Waals surface area contributed by atoms with E-state index in [1.165, 1.54) is 0 Å². The molecule has 3 heterocycles. The Bertz CT molecular complexity index is 1200. The first-order valence-corrected chi connectivity index (χ1v) is 12.1. The van der Waals surface area contributed by atoms with Crippen molar-refractivity contribution in [2.75, 3.05) is 10.2 Å². The lowest BCUT2D eigenvalue weighted by Crippen LogP contribution is -2.29. The summed E-state index contributed by atoms with van der Waals surface area (Å²) in [4.78, 5) is 19.0. The van der Waals surface area contributed by atoms with E-state index in [-0.39, 0.29) is 29.4 Å². The Morgan fingerprint density at radius 2 is 1.94 bits per heavy atom. The maximum Gasteiger partial charge on any atom is 0.226 e. The van der Waals surface area contributed by atoms with Gasteiger partial charge in [0, 0.05) is 41.4 Å². The van der Waals surface area contributed by atoms with Crippen molar-refractivity contribution in [2.45, 2.75) is 59.2 Å².